The molecule has 0 saturated carbocycles. The number of hydrogen-bond donors (Lipinski definition) is 1. The number of pyridine rings is 1. The molecule has 2 heterocycles. The van der Waals surface area contributed by atoms with E-state index in [1.165, 1.54) is 12.1 Å². The molecule has 0 radical (unpaired) electrons. The summed E-state index contributed by atoms with van der Waals surface area (Å²) in [5.41, 5.74) is 4.41. The molecule has 0 bridgehead atoms. The Morgan fingerprint density at radius 1 is 1.03 bits per heavy atom. The van der Waals surface area contributed by atoms with Crippen molar-refractivity contribution in [3.63, 3.8) is 0 Å². The van der Waals surface area contributed by atoms with Gasteiger partial charge >= 0.3 is 0 Å². The predicted octanol–water partition coefficient (Wildman–Crippen LogP) is 4.63. The van der Waals surface area contributed by atoms with Crippen molar-refractivity contribution in [1.29, 1.82) is 0 Å². The number of benzene rings is 2. The highest BCUT2D eigenvalue weighted by Crippen LogP contribution is 2.24. The topological polar surface area (TPSA) is 59.8 Å². The Bertz CT molecular complexity index is 1190. The lowest BCUT2D eigenvalue weighted by molar-refractivity contribution is -0.121. The predicted molar refractivity (Wildman–Crippen MR) is 118 cm³/mol. The van der Waals surface area contributed by atoms with E-state index in [2.05, 4.69) is 21.5 Å². The minimum atomic E-state index is -0.316. The number of hydrogen-bond acceptors (Lipinski definition) is 3. The molecule has 1 N–H and O–H groups in total. The summed E-state index contributed by atoms with van der Waals surface area (Å²) in [6.45, 7) is 2.52. The number of carbonyl (C=O) groups excluding carboxylic acids is 1. The zero-order valence-electron chi connectivity index (χ0n) is 17.3. The molecule has 31 heavy (non-hydrogen) atoms. The number of amides is 1. The van der Waals surface area contributed by atoms with Gasteiger partial charge in [-0.15, -0.1) is 0 Å². The van der Waals surface area contributed by atoms with Gasteiger partial charge in [0.2, 0.25) is 5.91 Å². The van der Waals surface area contributed by atoms with Crippen LogP contribution in [0, 0.1) is 12.7 Å². The Labute approximate surface area is 180 Å². The molecular weight excluding hydrogens is 391 g/mol. The number of carbonyl (C=O) groups is 1. The number of halogens is 1. The molecular formula is C25H23FN4O. The molecule has 5 nitrogen and oxygen atoms in total. The van der Waals surface area contributed by atoms with E-state index in [0.29, 0.717) is 30.8 Å². The van der Waals surface area contributed by atoms with Crippen LogP contribution in [-0.2, 0) is 17.8 Å². The quantitative estimate of drug-likeness (QED) is 0.480. The lowest BCUT2D eigenvalue weighted by Gasteiger charge is -2.06. The molecule has 156 valence electrons. The van der Waals surface area contributed by atoms with Gasteiger partial charge in [-0.3, -0.25) is 4.79 Å². The Morgan fingerprint density at radius 2 is 1.90 bits per heavy atom. The molecule has 0 aliphatic rings. The molecule has 0 aliphatic carbocycles. The summed E-state index contributed by atoms with van der Waals surface area (Å²) in [6.07, 6.45) is 2.47. The first kappa shape index (κ1) is 20.5. The summed E-state index contributed by atoms with van der Waals surface area (Å²) in [5, 5.41) is 7.59. The van der Waals surface area contributed by atoms with Crippen LogP contribution in [0.5, 0.6) is 0 Å². The molecule has 6 heteroatoms. The van der Waals surface area contributed by atoms with E-state index in [1.54, 1.807) is 16.9 Å². The zero-order chi connectivity index (χ0) is 21.6. The molecule has 1 amide bonds. The van der Waals surface area contributed by atoms with Crippen molar-refractivity contribution < 1.29 is 9.18 Å². The van der Waals surface area contributed by atoms with Crippen molar-refractivity contribution in [3.8, 4) is 17.1 Å². The van der Waals surface area contributed by atoms with Crippen molar-refractivity contribution in [2.24, 2.45) is 0 Å². The fraction of sp³-hybridized carbons (Fsp3) is 0.160. The summed E-state index contributed by atoms with van der Waals surface area (Å²) in [5.74, 6) is 0.279. The summed E-state index contributed by atoms with van der Waals surface area (Å²) in [4.78, 5) is 16.7. The van der Waals surface area contributed by atoms with Crippen LogP contribution in [-0.4, -0.2) is 20.7 Å². The van der Waals surface area contributed by atoms with E-state index < -0.39 is 0 Å². The van der Waals surface area contributed by atoms with Crippen molar-refractivity contribution in [2.75, 3.05) is 0 Å². The maximum Gasteiger partial charge on any atom is 0.220 e. The van der Waals surface area contributed by atoms with Gasteiger partial charge in [0.1, 0.15) is 5.82 Å². The normalized spacial score (nSPS) is 10.8. The van der Waals surface area contributed by atoms with Gasteiger partial charge in [0.25, 0.3) is 0 Å². The molecule has 4 aromatic rings. The molecule has 0 aliphatic heterocycles. The van der Waals surface area contributed by atoms with E-state index in [0.717, 1.165) is 22.5 Å². The molecule has 2 aromatic carbocycles. The zero-order valence-corrected chi connectivity index (χ0v) is 17.3. The van der Waals surface area contributed by atoms with Gasteiger partial charge < -0.3 is 5.32 Å². The number of nitrogens with zero attached hydrogens (tertiary/aromatic N) is 3. The Hall–Kier alpha value is -3.80. The maximum absolute atomic E-state index is 13.8. The second kappa shape index (κ2) is 9.34. The van der Waals surface area contributed by atoms with E-state index in [4.69, 9.17) is 0 Å². The number of rotatable bonds is 7. The average molecular weight is 414 g/mol. The van der Waals surface area contributed by atoms with E-state index >= 15 is 0 Å². The molecule has 0 atom stereocenters. The first-order chi connectivity index (χ1) is 15.1. The summed E-state index contributed by atoms with van der Waals surface area (Å²) < 4.78 is 15.5. The van der Waals surface area contributed by atoms with Gasteiger partial charge in [0.15, 0.2) is 5.82 Å². The van der Waals surface area contributed by atoms with Gasteiger partial charge in [0, 0.05) is 31.1 Å². The standard InChI is InChI=1S/C25H23FN4O/c1-18-6-4-7-19(14-18)17-28-25(31)12-11-22-16-23(20-8-5-9-21(26)15-20)30(29-22)24-10-2-3-13-27-24/h2-10,13-16H,11-12,17H2,1H3,(H,28,31). The van der Waals surface area contributed by atoms with Gasteiger partial charge in [-0.2, -0.15) is 5.10 Å². The third-order valence-electron chi connectivity index (χ3n) is 4.93. The van der Waals surface area contributed by atoms with Crippen LogP contribution in [0.15, 0.2) is 79.0 Å². The molecule has 0 saturated heterocycles. The van der Waals surface area contributed by atoms with Crippen LogP contribution in [0.25, 0.3) is 17.1 Å². The fourth-order valence-electron chi connectivity index (χ4n) is 3.41. The SMILES string of the molecule is Cc1cccc(CNC(=O)CCc2cc(-c3cccc(F)c3)n(-c3ccccn3)n2)c1. The lowest BCUT2D eigenvalue weighted by atomic mass is 10.1. The smallest absolute Gasteiger partial charge is 0.220 e. The van der Waals surface area contributed by atoms with E-state index in [-0.39, 0.29) is 11.7 Å². The number of aromatic nitrogens is 3. The molecule has 0 spiro atoms. The third kappa shape index (κ3) is 5.22. The largest absolute Gasteiger partial charge is 0.352 e. The van der Waals surface area contributed by atoms with Crippen molar-refractivity contribution >= 4 is 5.91 Å². The van der Waals surface area contributed by atoms with Crippen LogP contribution >= 0.6 is 0 Å². The first-order valence-electron chi connectivity index (χ1n) is 10.2. The Balaban J connectivity index is 1.49. The van der Waals surface area contributed by atoms with Crippen LogP contribution in [0.4, 0.5) is 4.39 Å². The van der Waals surface area contributed by atoms with Crippen molar-refractivity contribution in [2.45, 2.75) is 26.3 Å². The Morgan fingerprint density at radius 3 is 2.68 bits per heavy atom. The van der Waals surface area contributed by atoms with E-state index in [1.807, 2.05) is 55.5 Å². The van der Waals surface area contributed by atoms with Crippen LogP contribution in [0.1, 0.15) is 23.2 Å². The number of nitrogens with one attached hydrogen (secondary N) is 1. The summed E-state index contributed by atoms with van der Waals surface area (Å²) >= 11 is 0. The van der Waals surface area contributed by atoms with E-state index in [9.17, 15) is 9.18 Å². The molecule has 4 rings (SSSR count). The second-order valence-corrected chi connectivity index (χ2v) is 7.40. The van der Waals surface area contributed by atoms with Crippen molar-refractivity contribution in [1.82, 2.24) is 20.1 Å². The average Bonchev–Trinajstić information content (AvgIpc) is 3.21. The second-order valence-electron chi connectivity index (χ2n) is 7.40. The highest BCUT2D eigenvalue weighted by molar-refractivity contribution is 5.76. The fourth-order valence-corrected chi connectivity index (χ4v) is 3.41. The van der Waals surface area contributed by atoms with Gasteiger partial charge in [0.05, 0.1) is 11.4 Å². The molecule has 0 unspecified atom stereocenters. The third-order valence-corrected chi connectivity index (χ3v) is 4.93. The first-order valence-corrected chi connectivity index (χ1v) is 10.2. The summed E-state index contributed by atoms with van der Waals surface area (Å²) in [7, 11) is 0. The molecule has 0 fully saturated rings. The van der Waals surface area contributed by atoms with Gasteiger partial charge in [-0.25, -0.2) is 14.1 Å². The highest BCUT2D eigenvalue weighted by Gasteiger charge is 2.14. The minimum absolute atomic E-state index is 0.0406. The maximum atomic E-state index is 13.8. The van der Waals surface area contributed by atoms with Crippen molar-refractivity contribution in [3.05, 3.63) is 102 Å². The van der Waals surface area contributed by atoms with Gasteiger partial charge in [-0.05, 0) is 42.8 Å². The van der Waals surface area contributed by atoms with Gasteiger partial charge in [-0.1, -0.05) is 48.0 Å². The highest BCUT2D eigenvalue weighted by atomic mass is 19.1. The van der Waals surface area contributed by atoms with Crippen LogP contribution in [0.2, 0.25) is 0 Å². The molecule has 2 aromatic heterocycles. The van der Waals surface area contributed by atoms with Crippen LogP contribution in [0.3, 0.4) is 0 Å². The minimum Gasteiger partial charge on any atom is -0.352 e. The Kier molecular flexibility index (Phi) is 6.17. The monoisotopic (exact) mass is 414 g/mol. The van der Waals surface area contributed by atoms with Crippen LogP contribution < -0.4 is 5.32 Å². The summed E-state index contributed by atoms with van der Waals surface area (Å²) in [6, 6.07) is 21.9. The number of aryl methyl sites for hydroxylation is 2. The lowest BCUT2D eigenvalue weighted by Crippen LogP contribution is -2.23.